The fourth-order valence-electron chi connectivity index (χ4n) is 4.37. The number of carbonyl (C=O) groups is 2. The smallest absolute Gasteiger partial charge is 0.227 e. The third-order valence-corrected chi connectivity index (χ3v) is 5.64. The van der Waals surface area contributed by atoms with Gasteiger partial charge in [-0.3, -0.25) is 9.59 Å². The van der Waals surface area contributed by atoms with Crippen LogP contribution >= 0.6 is 0 Å². The number of rotatable bonds is 1. The molecule has 4 atom stereocenters. The van der Waals surface area contributed by atoms with Crippen molar-refractivity contribution >= 4 is 11.8 Å². The van der Waals surface area contributed by atoms with E-state index < -0.39 is 0 Å². The summed E-state index contributed by atoms with van der Waals surface area (Å²) in [7, 11) is 0. The lowest BCUT2D eigenvalue weighted by Crippen LogP contribution is -2.55. The van der Waals surface area contributed by atoms with Crippen LogP contribution in [0.25, 0.3) is 0 Å². The summed E-state index contributed by atoms with van der Waals surface area (Å²) in [5.74, 6) is 1.88. The van der Waals surface area contributed by atoms with E-state index in [0.29, 0.717) is 30.8 Å². The monoisotopic (exact) mass is 278 g/mol. The minimum absolute atomic E-state index is 0.0173. The highest BCUT2D eigenvalue weighted by Gasteiger charge is 2.41. The molecule has 0 aromatic rings. The van der Waals surface area contributed by atoms with Crippen molar-refractivity contribution in [2.24, 2.45) is 17.8 Å². The van der Waals surface area contributed by atoms with E-state index in [0.717, 1.165) is 25.3 Å². The number of hydrogen-bond donors (Lipinski definition) is 1. The van der Waals surface area contributed by atoms with Crippen molar-refractivity contribution in [3.05, 3.63) is 0 Å². The van der Waals surface area contributed by atoms with Crippen LogP contribution in [0.4, 0.5) is 0 Å². The second kappa shape index (κ2) is 5.74. The Morgan fingerprint density at radius 1 is 1.20 bits per heavy atom. The van der Waals surface area contributed by atoms with E-state index in [-0.39, 0.29) is 11.8 Å². The Balaban J connectivity index is 1.68. The topological polar surface area (TPSA) is 49.4 Å². The Kier molecular flexibility index (Phi) is 3.99. The highest BCUT2D eigenvalue weighted by Crippen LogP contribution is 2.39. The minimum atomic E-state index is 0.0173. The molecule has 3 aliphatic rings. The molecule has 2 saturated heterocycles. The first-order valence-corrected chi connectivity index (χ1v) is 8.24. The zero-order valence-electron chi connectivity index (χ0n) is 12.4. The van der Waals surface area contributed by atoms with Crippen LogP contribution in [0.2, 0.25) is 0 Å². The molecule has 0 radical (unpaired) electrons. The molecule has 0 aromatic carbocycles. The predicted octanol–water partition coefficient (Wildman–Crippen LogP) is 1.94. The van der Waals surface area contributed by atoms with Gasteiger partial charge in [0.2, 0.25) is 11.8 Å². The lowest BCUT2D eigenvalue weighted by atomic mass is 9.72. The van der Waals surface area contributed by atoms with Gasteiger partial charge in [-0.2, -0.15) is 0 Å². The van der Waals surface area contributed by atoms with Gasteiger partial charge < -0.3 is 10.2 Å². The molecule has 3 rings (SSSR count). The van der Waals surface area contributed by atoms with Crippen LogP contribution < -0.4 is 5.32 Å². The number of piperidine rings is 2. The average molecular weight is 278 g/mol. The summed E-state index contributed by atoms with van der Waals surface area (Å²) in [6.07, 6.45) is 7.44. The zero-order chi connectivity index (χ0) is 14.1. The fourth-order valence-corrected chi connectivity index (χ4v) is 4.37. The SMILES string of the molecule is CC1CCN(C(=O)C2CCC(=O)NC2)C2CCCCC12. The fraction of sp³-hybridized carbons (Fsp3) is 0.875. The summed E-state index contributed by atoms with van der Waals surface area (Å²) in [6, 6.07) is 0.470. The first kappa shape index (κ1) is 13.9. The molecule has 112 valence electrons. The molecule has 2 amide bonds. The standard InChI is InChI=1S/C16H26N2O2/c1-11-8-9-18(14-5-3-2-4-13(11)14)16(20)12-6-7-15(19)17-10-12/h11-14H,2-10H2,1H3,(H,17,19). The van der Waals surface area contributed by atoms with Crippen LogP contribution in [-0.2, 0) is 9.59 Å². The maximum atomic E-state index is 12.8. The molecular weight excluding hydrogens is 252 g/mol. The summed E-state index contributed by atoms with van der Waals surface area (Å²) in [5, 5.41) is 2.85. The van der Waals surface area contributed by atoms with Crippen LogP contribution in [0.5, 0.6) is 0 Å². The lowest BCUT2D eigenvalue weighted by Gasteiger charge is -2.48. The number of fused-ring (bicyclic) bond motifs is 1. The third-order valence-electron chi connectivity index (χ3n) is 5.64. The van der Waals surface area contributed by atoms with Crippen LogP contribution in [0.15, 0.2) is 0 Å². The predicted molar refractivity (Wildman–Crippen MR) is 77.0 cm³/mol. The number of nitrogens with one attached hydrogen (secondary N) is 1. The molecular formula is C16H26N2O2. The summed E-state index contributed by atoms with van der Waals surface area (Å²) >= 11 is 0. The van der Waals surface area contributed by atoms with Gasteiger partial charge in [-0.1, -0.05) is 19.8 Å². The minimum Gasteiger partial charge on any atom is -0.355 e. The van der Waals surface area contributed by atoms with Gasteiger partial charge >= 0.3 is 0 Å². The molecule has 20 heavy (non-hydrogen) atoms. The van der Waals surface area contributed by atoms with Gasteiger partial charge in [-0.15, -0.1) is 0 Å². The van der Waals surface area contributed by atoms with Gasteiger partial charge in [-0.25, -0.2) is 0 Å². The largest absolute Gasteiger partial charge is 0.355 e. The van der Waals surface area contributed by atoms with E-state index in [4.69, 9.17) is 0 Å². The molecule has 0 bridgehead atoms. The van der Waals surface area contributed by atoms with Crippen molar-refractivity contribution < 1.29 is 9.59 Å². The zero-order valence-corrected chi connectivity index (χ0v) is 12.4. The van der Waals surface area contributed by atoms with E-state index in [1.165, 1.54) is 25.7 Å². The van der Waals surface area contributed by atoms with Crippen LogP contribution in [-0.4, -0.2) is 35.8 Å². The normalized spacial score (nSPS) is 38.0. The molecule has 4 nitrogen and oxygen atoms in total. The summed E-state index contributed by atoms with van der Waals surface area (Å²) in [4.78, 5) is 26.2. The highest BCUT2D eigenvalue weighted by atomic mass is 16.2. The van der Waals surface area contributed by atoms with E-state index in [9.17, 15) is 9.59 Å². The van der Waals surface area contributed by atoms with E-state index in [1.807, 2.05) is 0 Å². The molecule has 1 N–H and O–H groups in total. The maximum absolute atomic E-state index is 12.8. The molecule has 1 aliphatic carbocycles. The van der Waals surface area contributed by atoms with Crippen LogP contribution in [0, 0.1) is 17.8 Å². The van der Waals surface area contributed by atoms with Crippen molar-refractivity contribution in [3.63, 3.8) is 0 Å². The number of likely N-dealkylation sites (tertiary alicyclic amines) is 1. The van der Waals surface area contributed by atoms with Crippen molar-refractivity contribution in [3.8, 4) is 0 Å². The summed E-state index contributed by atoms with van der Waals surface area (Å²) in [5.41, 5.74) is 0. The van der Waals surface area contributed by atoms with Crippen molar-refractivity contribution in [2.45, 2.75) is 57.9 Å². The average Bonchev–Trinajstić information content (AvgIpc) is 2.48. The van der Waals surface area contributed by atoms with Crippen LogP contribution in [0.1, 0.15) is 51.9 Å². The Labute approximate surface area is 121 Å². The first-order valence-electron chi connectivity index (χ1n) is 8.24. The molecule has 3 fully saturated rings. The van der Waals surface area contributed by atoms with Gasteiger partial charge in [-0.05, 0) is 37.5 Å². The molecule has 2 heterocycles. The van der Waals surface area contributed by atoms with Gasteiger partial charge in [0.1, 0.15) is 0 Å². The third kappa shape index (κ3) is 2.57. The summed E-state index contributed by atoms with van der Waals surface area (Å²) in [6.45, 7) is 3.82. The number of nitrogens with zero attached hydrogens (tertiary/aromatic N) is 1. The van der Waals surface area contributed by atoms with Crippen molar-refractivity contribution in [1.29, 1.82) is 0 Å². The van der Waals surface area contributed by atoms with Crippen molar-refractivity contribution in [2.75, 3.05) is 13.1 Å². The highest BCUT2D eigenvalue weighted by molar-refractivity contribution is 5.84. The quantitative estimate of drug-likeness (QED) is 0.797. The van der Waals surface area contributed by atoms with E-state index >= 15 is 0 Å². The Morgan fingerprint density at radius 3 is 2.75 bits per heavy atom. The molecule has 1 saturated carbocycles. The number of carbonyl (C=O) groups excluding carboxylic acids is 2. The van der Waals surface area contributed by atoms with E-state index in [2.05, 4.69) is 17.1 Å². The second-order valence-corrected chi connectivity index (χ2v) is 6.85. The Bertz CT molecular complexity index is 386. The molecule has 0 aromatic heterocycles. The number of hydrogen-bond acceptors (Lipinski definition) is 2. The Hall–Kier alpha value is -1.06. The van der Waals surface area contributed by atoms with Gasteiger partial charge in [0.25, 0.3) is 0 Å². The first-order chi connectivity index (χ1) is 9.66. The molecule has 0 spiro atoms. The van der Waals surface area contributed by atoms with Crippen molar-refractivity contribution in [1.82, 2.24) is 10.2 Å². The molecule has 2 aliphatic heterocycles. The molecule has 4 unspecified atom stereocenters. The molecule has 4 heteroatoms. The van der Waals surface area contributed by atoms with Crippen LogP contribution in [0.3, 0.4) is 0 Å². The number of amides is 2. The Morgan fingerprint density at radius 2 is 2.00 bits per heavy atom. The van der Waals surface area contributed by atoms with E-state index in [1.54, 1.807) is 0 Å². The van der Waals surface area contributed by atoms with Gasteiger partial charge in [0.05, 0.1) is 5.92 Å². The lowest BCUT2D eigenvalue weighted by molar-refractivity contribution is -0.144. The van der Waals surface area contributed by atoms with Gasteiger partial charge in [0, 0.05) is 25.6 Å². The van der Waals surface area contributed by atoms with Gasteiger partial charge in [0.15, 0.2) is 0 Å². The summed E-state index contributed by atoms with van der Waals surface area (Å²) < 4.78 is 0. The maximum Gasteiger partial charge on any atom is 0.227 e. The second-order valence-electron chi connectivity index (χ2n) is 6.85.